The number of benzene rings is 2. The molecule has 1 aliphatic rings. The van der Waals surface area contributed by atoms with Crippen LogP contribution in [-0.4, -0.2) is 5.60 Å². The highest BCUT2D eigenvalue weighted by Gasteiger charge is 2.30. The van der Waals surface area contributed by atoms with Gasteiger partial charge in [0.15, 0.2) is 0 Å². The summed E-state index contributed by atoms with van der Waals surface area (Å²) in [4.78, 5) is 0. The zero-order valence-electron chi connectivity index (χ0n) is 11.7. The van der Waals surface area contributed by atoms with Crippen molar-refractivity contribution in [2.75, 3.05) is 0 Å². The highest BCUT2D eigenvalue weighted by Crippen LogP contribution is 2.36. The average Bonchev–Trinajstić information content (AvgIpc) is 2.70. The van der Waals surface area contributed by atoms with E-state index in [2.05, 4.69) is 19.9 Å². The summed E-state index contributed by atoms with van der Waals surface area (Å²) in [5.74, 6) is 0.969. The molecular formula is C17H18ClNO. The molecule has 2 aromatic rings. The summed E-state index contributed by atoms with van der Waals surface area (Å²) in [7, 11) is 0. The smallest absolute Gasteiger partial charge is 0.123 e. The standard InChI is InChI=1S/C17H18ClNO/c1-17(2)10-13-8-12(6-7-15(13)20-17)16(19)11-4-3-5-14(18)9-11/h3-9,16H,10,19H2,1-2H3. The summed E-state index contributed by atoms with van der Waals surface area (Å²) in [6.07, 6.45) is 0.915. The Morgan fingerprint density at radius 3 is 2.65 bits per heavy atom. The van der Waals surface area contributed by atoms with Crippen LogP contribution in [0.5, 0.6) is 5.75 Å². The van der Waals surface area contributed by atoms with E-state index in [0.29, 0.717) is 5.02 Å². The van der Waals surface area contributed by atoms with E-state index in [4.69, 9.17) is 22.1 Å². The highest BCUT2D eigenvalue weighted by molar-refractivity contribution is 6.30. The summed E-state index contributed by atoms with van der Waals surface area (Å²) >= 11 is 6.03. The minimum Gasteiger partial charge on any atom is -0.487 e. The van der Waals surface area contributed by atoms with Gasteiger partial charge in [0, 0.05) is 11.4 Å². The van der Waals surface area contributed by atoms with Crippen molar-refractivity contribution in [3.63, 3.8) is 0 Å². The summed E-state index contributed by atoms with van der Waals surface area (Å²) < 4.78 is 5.89. The molecule has 3 heteroatoms. The number of rotatable bonds is 2. The first kappa shape index (κ1) is 13.5. The predicted octanol–water partition coefficient (Wildman–Crippen LogP) is 4.10. The summed E-state index contributed by atoms with van der Waals surface area (Å²) in [5, 5.41) is 0.712. The molecule has 3 rings (SSSR count). The van der Waals surface area contributed by atoms with E-state index in [9.17, 15) is 0 Å². The quantitative estimate of drug-likeness (QED) is 0.902. The van der Waals surface area contributed by atoms with Crippen molar-refractivity contribution < 1.29 is 4.74 Å². The molecule has 20 heavy (non-hydrogen) atoms. The van der Waals surface area contributed by atoms with Crippen LogP contribution in [0.2, 0.25) is 5.02 Å². The third-order valence-corrected chi connectivity index (χ3v) is 3.89. The fourth-order valence-corrected chi connectivity index (χ4v) is 2.91. The van der Waals surface area contributed by atoms with E-state index >= 15 is 0 Å². The first-order chi connectivity index (χ1) is 9.44. The highest BCUT2D eigenvalue weighted by atomic mass is 35.5. The second-order valence-electron chi connectivity index (χ2n) is 5.94. The summed E-state index contributed by atoms with van der Waals surface area (Å²) in [6, 6.07) is 13.7. The normalized spacial score (nSPS) is 17.4. The minimum atomic E-state index is -0.164. The zero-order chi connectivity index (χ0) is 14.3. The van der Waals surface area contributed by atoms with Gasteiger partial charge >= 0.3 is 0 Å². The fraction of sp³-hybridized carbons (Fsp3) is 0.294. The SMILES string of the molecule is CC1(C)Cc2cc(C(N)c3cccc(Cl)c3)ccc2O1. The third kappa shape index (κ3) is 2.54. The second-order valence-corrected chi connectivity index (χ2v) is 6.37. The van der Waals surface area contributed by atoms with Crippen LogP contribution in [0, 0.1) is 0 Å². The van der Waals surface area contributed by atoms with E-state index < -0.39 is 0 Å². The molecule has 0 saturated carbocycles. The molecule has 2 nitrogen and oxygen atoms in total. The van der Waals surface area contributed by atoms with Crippen LogP contribution < -0.4 is 10.5 Å². The van der Waals surface area contributed by atoms with Crippen molar-refractivity contribution in [2.24, 2.45) is 5.73 Å². The van der Waals surface area contributed by atoms with E-state index in [1.807, 2.05) is 36.4 Å². The molecule has 2 aromatic carbocycles. The first-order valence-electron chi connectivity index (χ1n) is 6.77. The lowest BCUT2D eigenvalue weighted by atomic mass is 9.95. The number of hydrogen-bond donors (Lipinski definition) is 1. The number of ether oxygens (including phenoxy) is 1. The van der Waals surface area contributed by atoms with Gasteiger partial charge in [0.1, 0.15) is 11.4 Å². The van der Waals surface area contributed by atoms with E-state index in [-0.39, 0.29) is 11.6 Å². The molecule has 104 valence electrons. The van der Waals surface area contributed by atoms with E-state index in [1.165, 1.54) is 5.56 Å². The van der Waals surface area contributed by atoms with Crippen molar-refractivity contribution in [3.8, 4) is 5.75 Å². The van der Waals surface area contributed by atoms with Crippen molar-refractivity contribution >= 4 is 11.6 Å². The van der Waals surface area contributed by atoms with Gasteiger partial charge in [-0.1, -0.05) is 35.9 Å². The largest absolute Gasteiger partial charge is 0.487 e. The molecule has 0 radical (unpaired) electrons. The van der Waals surface area contributed by atoms with Crippen molar-refractivity contribution in [1.82, 2.24) is 0 Å². The van der Waals surface area contributed by atoms with Crippen LogP contribution in [0.3, 0.4) is 0 Å². The van der Waals surface area contributed by atoms with Gasteiger partial charge in [-0.15, -0.1) is 0 Å². The lowest BCUT2D eigenvalue weighted by Gasteiger charge is -2.16. The van der Waals surface area contributed by atoms with Gasteiger partial charge in [-0.25, -0.2) is 0 Å². The molecule has 0 spiro atoms. The van der Waals surface area contributed by atoms with Crippen LogP contribution in [0.15, 0.2) is 42.5 Å². The monoisotopic (exact) mass is 287 g/mol. The molecule has 0 aromatic heterocycles. The molecule has 0 amide bonds. The molecule has 2 N–H and O–H groups in total. The Hall–Kier alpha value is -1.51. The Bertz CT molecular complexity index is 651. The van der Waals surface area contributed by atoms with Crippen molar-refractivity contribution in [3.05, 3.63) is 64.2 Å². The molecular weight excluding hydrogens is 270 g/mol. The molecule has 1 unspecified atom stereocenters. The van der Waals surface area contributed by atoms with Crippen molar-refractivity contribution in [1.29, 1.82) is 0 Å². The van der Waals surface area contributed by atoms with Gasteiger partial charge in [-0.2, -0.15) is 0 Å². The molecule has 1 atom stereocenters. The average molecular weight is 288 g/mol. The lowest BCUT2D eigenvalue weighted by molar-refractivity contribution is 0.138. The maximum atomic E-state index is 6.35. The number of fused-ring (bicyclic) bond motifs is 1. The third-order valence-electron chi connectivity index (χ3n) is 3.65. The van der Waals surface area contributed by atoms with E-state index in [0.717, 1.165) is 23.3 Å². The minimum absolute atomic E-state index is 0.124. The molecule has 0 aliphatic carbocycles. The van der Waals surface area contributed by atoms with Gasteiger partial charge < -0.3 is 10.5 Å². The van der Waals surface area contributed by atoms with Crippen LogP contribution in [0.25, 0.3) is 0 Å². The molecule has 1 aliphatic heterocycles. The van der Waals surface area contributed by atoms with Gasteiger partial charge in [0.2, 0.25) is 0 Å². The number of hydrogen-bond acceptors (Lipinski definition) is 2. The zero-order valence-corrected chi connectivity index (χ0v) is 12.4. The Labute approximate surface area is 124 Å². The van der Waals surface area contributed by atoms with Gasteiger partial charge in [0.05, 0.1) is 6.04 Å². The molecule has 0 fully saturated rings. The van der Waals surface area contributed by atoms with Gasteiger partial charge in [-0.05, 0) is 48.7 Å². The molecule has 0 bridgehead atoms. The number of halogens is 1. The van der Waals surface area contributed by atoms with Crippen molar-refractivity contribution in [2.45, 2.75) is 31.9 Å². The van der Waals surface area contributed by atoms with Crippen LogP contribution in [-0.2, 0) is 6.42 Å². The summed E-state index contributed by atoms with van der Waals surface area (Å²) in [6.45, 7) is 4.20. The van der Waals surface area contributed by atoms with Gasteiger partial charge in [-0.3, -0.25) is 0 Å². The molecule has 1 heterocycles. The first-order valence-corrected chi connectivity index (χ1v) is 7.15. The lowest BCUT2D eigenvalue weighted by Crippen LogP contribution is -2.24. The van der Waals surface area contributed by atoms with Gasteiger partial charge in [0.25, 0.3) is 0 Å². The Morgan fingerprint density at radius 1 is 1.15 bits per heavy atom. The van der Waals surface area contributed by atoms with Crippen LogP contribution in [0.1, 0.15) is 36.6 Å². The maximum Gasteiger partial charge on any atom is 0.123 e. The summed E-state index contributed by atoms with van der Waals surface area (Å²) in [5.41, 5.74) is 9.56. The Balaban J connectivity index is 1.93. The number of nitrogens with two attached hydrogens (primary N) is 1. The second kappa shape index (κ2) is 4.80. The predicted molar refractivity (Wildman–Crippen MR) is 82.3 cm³/mol. The molecule has 0 saturated heterocycles. The topological polar surface area (TPSA) is 35.2 Å². The van der Waals surface area contributed by atoms with Crippen LogP contribution in [0.4, 0.5) is 0 Å². The Kier molecular flexibility index (Phi) is 3.23. The Morgan fingerprint density at radius 2 is 1.90 bits per heavy atom. The van der Waals surface area contributed by atoms with Crippen LogP contribution >= 0.6 is 11.6 Å². The fourth-order valence-electron chi connectivity index (χ4n) is 2.72. The maximum absolute atomic E-state index is 6.35. The van der Waals surface area contributed by atoms with E-state index in [1.54, 1.807) is 0 Å².